The predicted molar refractivity (Wildman–Crippen MR) is 42.1 cm³/mol. The second-order valence-electron chi connectivity index (χ2n) is 2.62. The van der Waals surface area contributed by atoms with Crippen LogP contribution in [0.25, 0.3) is 0 Å². The number of hydrogen-bond donors (Lipinski definition) is 2. The zero-order valence-electron chi connectivity index (χ0n) is 6.64. The first-order chi connectivity index (χ1) is 4.88. The molecule has 0 aliphatic rings. The first-order valence-electron chi connectivity index (χ1n) is 3.31. The van der Waals surface area contributed by atoms with Crippen LogP contribution in [0.15, 0.2) is 0 Å². The molecule has 0 heterocycles. The lowest BCUT2D eigenvalue weighted by Crippen LogP contribution is -2.32. The fraction of sp³-hybridized carbons (Fsp3) is 1.00. The Bertz CT molecular complexity index is 120. The number of nitrogens with two attached hydrogens (primary N) is 1. The fourth-order valence-electron chi connectivity index (χ4n) is 0.662. The SMILES string of the molecule is CC(CC(N)CO)C(F)(F)F.Cl. The van der Waals surface area contributed by atoms with Crippen LogP contribution in [0.1, 0.15) is 13.3 Å². The predicted octanol–water partition coefficient (Wildman–Crippen LogP) is 1.32. The van der Waals surface area contributed by atoms with Crippen molar-refractivity contribution in [3.63, 3.8) is 0 Å². The minimum absolute atomic E-state index is 0. The second kappa shape index (κ2) is 5.61. The molecule has 0 aromatic rings. The lowest BCUT2D eigenvalue weighted by molar-refractivity contribution is -0.172. The van der Waals surface area contributed by atoms with Gasteiger partial charge in [-0.1, -0.05) is 6.92 Å². The molecular formula is C6H13ClF3NO. The van der Waals surface area contributed by atoms with Gasteiger partial charge in [0.05, 0.1) is 12.5 Å². The lowest BCUT2D eigenvalue weighted by atomic mass is 10.0. The van der Waals surface area contributed by atoms with Gasteiger partial charge in [0.2, 0.25) is 0 Å². The van der Waals surface area contributed by atoms with Crippen LogP contribution < -0.4 is 5.73 Å². The molecule has 0 rings (SSSR count). The molecule has 12 heavy (non-hydrogen) atoms. The van der Waals surface area contributed by atoms with E-state index in [1.54, 1.807) is 0 Å². The number of aliphatic hydroxyl groups is 1. The first kappa shape index (κ1) is 14.5. The minimum Gasteiger partial charge on any atom is -0.395 e. The molecule has 6 heteroatoms. The third-order valence-electron chi connectivity index (χ3n) is 1.45. The van der Waals surface area contributed by atoms with E-state index in [1.807, 2.05) is 0 Å². The maximum Gasteiger partial charge on any atom is 0.391 e. The molecule has 0 aliphatic heterocycles. The van der Waals surface area contributed by atoms with Crippen LogP contribution in [0.5, 0.6) is 0 Å². The number of rotatable bonds is 3. The van der Waals surface area contributed by atoms with Crippen molar-refractivity contribution >= 4 is 12.4 Å². The van der Waals surface area contributed by atoms with Gasteiger partial charge in [0.25, 0.3) is 0 Å². The van der Waals surface area contributed by atoms with Crippen molar-refractivity contribution in [2.75, 3.05) is 6.61 Å². The molecular weight excluding hydrogens is 195 g/mol. The van der Waals surface area contributed by atoms with Gasteiger partial charge < -0.3 is 10.8 Å². The van der Waals surface area contributed by atoms with E-state index in [0.29, 0.717) is 0 Å². The van der Waals surface area contributed by atoms with Crippen LogP contribution in [0.3, 0.4) is 0 Å². The van der Waals surface area contributed by atoms with Crippen LogP contribution in [-0.4, -0.2) is 23.9 Å². The summed E-state index contributed by atoms with van der Waals surface area (Å²) in [6, 6.07) is -0.772. The van der Waals surface area contributed by atoms with Gasteiger partial charge in [0.1, 0.15) is 0 Å². The Morgan fingerprint density at radius 1 is 1.42 bits per heavy atom. The molecule has 0 aromatic heterocycles. The Balaban J connectivity index is 0. The third kappa shape index (κ3) is 5.62. The number of aliphatic hydroxyl groups excluding tert-OH is 1. The highest BCUT2D eigenvalue weighted by Crippen LogP contribution is 2.28. The highest BCUT2D eigenvalue weighted by Gasteiger charge is 2.36. The van der Waals surface area contributed by atoms with Gasteiger partial charge in [-0.3, -0.25) is 0 Å². The highest BCUT2D eigenvalue weighted by molar-refractivity contribution is 5.85. The fourth-order valence-corrected chi connectivity index (χ4v) is 0.662. The molecule has 2 nitrogen and oxygen atoms in total. The minimum atomic E-state index is -4.20. The summed E-state index contributed by atoms with van der Waals surface area (Å²) in [5.41, 5.74) is 5.12. The van der Waals surface area contributed by atoms with Crippen LogP contribution in [0.2, 0.25) is 0 Å². The summed E-state index contributed by atoms with van der Waals surface area (Å²) in [4.78, 5) is 0. The first-order valence-corrected chi connectivity index (χ1v) is 3.31. The summed E-state index contributed by atoms with van der Waals surface area (Å²) in [6.07, 6.45) is -4.42. The Kier molecular flexibility index (Phi) is 6.79. The van der Waals surface area contributed by atoms with Crippen molar-refractivity contribution in [2.45, 2.75) is 25.6 Å². The summed E-state index contributed by atoms with van der Waals surface area (Å²) < 4.78 is 35.4. The van der Waals surface area contributed by atoms with E-state index in [-0.39, 0.29) is 18.8 Å². The smallest absolute Gasteiger partial charge is 0.391 e. The topological polar surface area (TPSA) is 46.2 Å². The molecule has 0 fully saturated rings. The number of hydrogen-bond acceptors (Lipinski definition) is 2. The van der Waals surface area contributed by atoms with E-state index in [9.17, 15) is 13.2 Å². The molecule has 0 spiro atoms. The molecule has 76 valence electrons. The molecule has 0 saturated carbocycles. The Morgan fingerprint density at radius 3 is 2.08 bits per heavy atom. The van der Waals surface area contributed by atoms with E-state index >= 15 is 0 Å². The highest BCUT2D eigenvalue weighted by atomic mass is 35.5. The normalized spacial score (nSPS) is 16.5. The van der Waals surface area contributed by atoms with Gasteiger partial charge in [-0.15, -0.1) is 12.4 Å². The molecule has 3 N–H and O–H groups in total. The van der Waals surface area contributed by atoms with Gasteiger partial charge >= 0.3 is 6.18 Å². The van der Waals surface area contributed by atoms with Crippen LogP contribution in [-0.2, 0) is 0 Å². The van der Waals surface area contributed by atoms with Gasteiger partial charge in [-0.05, 0) is 6.42 Å². The average molecular weight is 208 g/mol. The molecule has 0 aliphatic carbocycles. The zero-order valence-corrected chi connectivity index (χ0v) is 7.45. The quantitative estimate of drug-likeness (QED) is 0.733. The lowest BCUT2D eigenvalue weighted by Gasteiger charge is -2.17. The van der Waals surface area contributed by atoms with Crippen molar-refractivity contribution in [1.82, 2.24) is 0 Å². The molecule has 2 unspecified atom stereocenters. The average Bonchev–Trinajstić information content (AvgIpc) is 1.85. The van der Waals surface area contributed by atoms with Crippen LogP contribution in [0.4, 0.5) is 13.2 Å². The van der Waals surface area contributed by atoms with E-state index in [0.717, 1.165) is 6.92 Å². The number of halogens is 4. The van der Waals surface area contributed by atoms with E-state index in [4.69, 9.17) is 10.8 Å². The third-order valence-corrected chi connectivity index (χ3v) is 1.45. The summed E-state index contributed by atoms with van der Waals surface area (Å²) in [7, 11) is 0. The summed E-state index contributed by atoms with van der Waals surface area (Å²) in [5.74, 6) is -1.44. The van der Waals surface area contributed by atoms with Crippen molar-refractivity contribution in [3.05, 3.63) is 0 Å². The maximum atomic E-state index is 11.8. The van der Waals surface area contributed by atoms with Crippen molar-refractivity contribution in [3.8, 4) is 0 Å². The Morgan fingerprint density at radius 2 is 1.83 bits per heavy atom. The van der Waals surface area contributed by atoms with Crippen molar-refractivity contribution in [2.24, 2.45) is 11.7 Å². The van der Waals surface area contributed by atoms with E-state index in [2.05, 4.69) is 0 Å². The standard InChI is InChI=1S/C6H12F3NO.ClH/c1-4(6(7,8)9)2-5(10)3-11;/h4-5,11H,2-3,10H2,1H3;1H. The van der Waals surface area contributed by atoms with Gasteiger partial charge in [-0.2, -0.15) is 13.2 Å². The summed E-state index contributed by atoms with van der Waals surface area (Å²) in [5, 5.41) is 8.36. The molecule has 0 aromatic carbocycles. The number of alkyl halides is 3. The largest absolute Gasteiger partial charge is 0.395 e. The van der Waals surface area contributed by atoms with E-state index in [1.165, 1.54) is 0 Å². The molecule has 0 saturated heterocycles. The molecule has 2 atom stereocenters. The van der Waals surface area contributed by atoms with E-state index < -0.39 is 24.7 Å². The van der Waals surface area contributed by atoms with Crippen molar-refractivity contribution < 1.29 is 18.3 Å². The van der Waals surface area contributed by atoms with Gasteiger partial charge in [0.15, 0.2) is 0 Å². The molecule has 0 bridgehead atoms. The summed E-state index contributed by atoms with van der Waals surface area (Å²) in [6.45, 7) is 0.649. The molecule has 0 amide bonds. The zero-order chi connectivity index (χ0) is 9.07. The maximum absolute atomic E-state index is 11.8. The van der Waals surface area contributed by atoms with Crippen LogP contribution >= 0.6 is 12.4 Å². The van der Waals surface area contributed by atoms with Gasteiger partial charge in [-0.25, -0.2) is 0 Å². The van der Waals surface area contributed by atoms with Crippen LogP contribution in [0, 0.1) is 5.92 Å². The second-order valence-corrected chi connectivity index (χ2v) is 2.62. The molecule has 0 radical (unpaired) electrons. The Labute approximate surface area is 75.3 Å². The Hall–Kier alpha value is -0.0000000000000000555. The monoisotopic (exact) mass is 207 g/mol. The van der Waals surface area contributed by atoms with Crippen molar-refractivity contribution in [1.29, 1.82) is 0 Å². The summed E-state index contributed by atoms with van der Waals surface area (Å²) >= 11 is 0. The van der Waals surface area contributed by atoms with Gasteiger partial charge in [0, 0.05) is 6.04 Å².